The maximum Gasteiger partial charge on any atom is 0.141 e. The second-order valence-electron chi connectivity index (χ2n) is 5.03. The van der Waals surface area contributed by atoms with E-state index in [4.69, 9.17) is 26.1 Å². The summed E-state index contributed by atoms with van der Waals surface area (Å²) in [5.74, 6) is 1.27. The van der Waals surface area contributed by atoms with Crippen LogP contribution in [0.3, 0.4) is 0 Å². The van der Waals surface area contributed by atoms with Crippen LogP contribution in [0.4, 0.5) is 0 Å². The van der Waals surface area contributed by atoms with Crippen molar-refractivity contribution in [2.75, 3.05) is 14.2 Å². The quantitative estimate of drug-likeness (QED) is 0.642. The Kier molecular flexibility index (Phi) is 5.34. The monoisotopic (exact) mass is 349 g/mol. The number of aryl methyl sites for hydroxylation is 1. The molecule has 0 N–H and O–H groups in total. The molecule has 1 aromatic heterocycles. The summed E-state index contributed by atoms with van der Waals surface area (Å²) in [6.07, 6.45) is 0. The summed E-state index contributed by atoms with van der Waals surface area (Å²) in [5, 5.41) is 1.68. The van der Waals surface area contributed by atoms with Gasteiger partial charge in [-0.3, -0.25) is 0 Å². The molecule has 0 aliphatic rings. The van der Waals surface area contributed by atoms with Crippen molar-refractivity contribution in [3.8, 4) is 22.8 Å². The Labute approximate surface area is 146 Å². The van der Waals surface area contributed by atoms with Gasteiger partial charge in [-0.05, 0) is 30.7 Å². The van der Waals surface area contributed by atoms with Gasteiger partial charge < -0.3 is 9.47 Å². The van der Waals surface area contributed by atoms with Crippen molar-refractivity contribution in [3.05, 3.63) is 53.1 Å². The Morgan fingerprint density at radius 3 is 2.35 bits per heavy atom. The number of benzene rings is 2. The summed E-state index contributed by atoms with van der Waals surface area (Å²) < 4.78 is 10.7. The summed E-state index contributed by atoms with van der Waals surface area (Å²) in [7, 11) is 3.21. The Bertz CT molecular complexity index is 850. The largest absolute Gasteiger partial charge is 0.496 e. The van der Waals surface area contributed by atoms with E-state index >= 15 is 0 Å². The first-order valence-corrected chi connectivity index (χ1v) is 7.30. The minimum Gasteiger partial charge on any atom is -0.496 e. The van der Waals surface area contributed by atoms with Crippen molar-refractivity contribution in [1.82, 2.24) is 4.98 Å². The van der Waals surface area contributed by atoms with Crippen molar-refractivity contribution in [2.45, 2.75) is 6.92 Å². The molecule has 3 rings (SSSR count). The molecule has 5 heteroatoms. The lowest BCUT2D eigenvalue weighted by Gasteiger charge is -2.13. The van der Waals surface area contributed by atoms with Crippen molar-refractivity contribution in [3.63, 3.8) is 0 Å². The number of pyridine rings is 1. The highest BCUT2D eigenvalue weighted by Crippen LogP contribution is 2.38. The van der Waals surface area contributed by atoms with Crippen LogP contribution in [0.5, 0.6) is 11.5 Å². The van der Waals surface area contributed by atoms with Gasteiger partial charge in [0, 0.05) is 17.0 Å². The normalized spacial score (nSPS) is 10.3. The van der Waals surface area contributed by atoms with Crippen LogP contribution in [-0.4, -0.2) is 19.2 Å². The van der Waals surface area contributed by atoms with E-state index in [0.717, 1.165) is 27.7 Å². The van der Waals surface area contributed by atoms with E-state index in [9.17, 15) is 0 Å². The third kappa shape index (κ3) is 3.21. The Morgan fingerprint density at radius 2 is 1.65 bits per heavy atom. The van der Waals surface area contributed by atoms with Crippen LogP contribution in [-0.2, 0) is 0 Å². The minimum atomic E-state index is 0. The lowest BCUT2D eigenvalue weighted by Crippen LogP contribution is -1.94. The van der Waals surface area contributed by atoms with E-state index < -0.39 is 0 Å². The molecule has 1 heterocycles. The van der Waals surface area contributed by atoms with Crippen LogP contribution in [0.2, 0.25) is 5.02 Å². The minimum absolute atomic E-state index is 0. The second-order valence-corrected chi connectivity index (χ2v) is 5.44. The Morgan fingerprint density at radius 1 is 0.957 bits per heavy atom. The molecule has 0 spiro atoms. The maximum atomic E-state index is 6.26. The van der Waals surface area contributed by atoms with E-state index in [0.29, 0.717) is 16.5 Å². The van der Waals surface area contributed by atoms with Crippen molar-refractivity contribution in [1.29, 1.82) is 0 Å². The lowest BCUT2D eigenvalue weighted by atomic mass is 10.0. The molecule has 3 aromatic rings. The maximum absolute atomic E-state index is 6.26. The molecule has 0 aliphatic carbocycles. The average molecular weight is 350 g/mol. The molecule has 0 atom stereocenters. The van der Waals surface area contributed by atoms with Crippen LogP contribution < -0.4 is 9.47 Å². The van der Waals surface area contributed by atoms with Gasteiger partial charge in [-0.25, -0.2) is 4.98 Å². The predicted molar refractivity (Wildman–Crippen MR) is 97.3 cm³/mol. The number of fused-ring (bicyclic) bond motifs is 1. The molecule has 23 heavy (non-hydrogen) atoms. The predicted octanol–water partition coefficient (Wildman–Crippen LogP) is 5.30. The zero-order valence-electron chi connectivity index (χ0n) is 13.1. The van der Waals surface area contributed by atoms with Crippen LogP contribution in [0, 0.1) is 6.92 Å². The first-order chi connectivity index (χ1) is 10.6. The van der Waals surface area contributed by atoms with Crippen LogP contribution in [0.1, 0.15) is 5.56 Å². The third-order valence-corrected chi connectivity index (χ3v) is 3.97. The zero-order valence-corrected chi connectivity index (χ0v) is 14.7. The molecule has 120 valence electrons. The lowest BCUT2D eigenvalue weighted by molar-refractivity contribution is 0.395. The molecule has 0 amide bonds. The van der Waals surface area contributed by atoms with E-state index in [1.165, 1.54) is 0 Å². The summed E-state index contributed by atoms with van der Waals surface area (Å²) in [6.45, 7) is 2.07. The van der Waals surface area contributed by atoms with E-state index in [2.05, 4.69) is 13.0 Å². The Hall–Kier alpha value is -1.97. The van der Waals surface area contributed by atoms with Gasteiger partial charge in [0.25, 0.3) is 0 Å². The van der Waals surface area contributed by atoms with Crippen molar-refractivity contribution >= 4 is 34.9 Å². The molecule has 0 fully saturated rings. The van der Waals surface area contributed by atoms with Crippen molar-refractivity contribution in [2.24, 2.45) is 0 Å². The summed E-state index contributed by atoms with van der Waals surface area (Å²) in [4.78, 5) is 4.73. The van der Waals surface area contributed by atoms with Gasteiger partial charge in [0.05, 0.1) is 30.5 Å². The number of ether oxygens (including phenoxy) is 2. The van der Waals surface area contributed by atoms with Crippen molar-refractivity contribution < 1.29 is 9.47 Å². The van der Waals surface area contributed by atoms with E-state index in [-0.39, 0.29) is 12.4 Å². The van der Waals surface area contributed by atoms with E-state index in [1.54, 1.807) is 20.3 Å². The second kappa shape index (κ2) is 7.07. The molecule has 0 unspecified atom stereocenters. The summed E-state index contributed by atoms with van der Waals surface area (Å²) >= 11 is 6.26. The highest BCUT2D eigenvalue weighted by molar-refractivity contribution is 6.32. The first-order valence-electron chi connectivity index (χ1n) is 6.92. The van der Waals surface area contributed by atoms with Gasteiger partial charge >= 0.3 is 0 Å². The molecular formula is C18H17Cl2NO2. The van der Waals surface area contributed by atoms with Gasteiger partial charge in [-0.1, -0.05) is 29.8 Å². The number of nitrogens with zero attached hydrogens (tertiary/aromatic N) is 1. The average Bonchev–Trinajstić information content (AvgIpc) is 2.54. The van der Waals surface area contributed by atoms with Gasteiger partial charge in [0.2, 0.25) is 0 Å². The molecular weight excluding hydrogens is 333 g/mol. The number of methoxy groups -OCH3 is 2. The van der Waals surface area contributed by atoms with Crippen LogP contribution in [0.25, 0.3) is 22.2 Å². The third-order valence-electron chi connectivity index (χ3n) is 3.67. The number of para-hydroxylation sites is 1. The zero-order chi connectivity index (χ0) is 15.7. The Balaban J connectivity index is 0.00000192. The molecule has 0 saturated carbocycles. The molecule has 0 aliphatic heterocycles. The van der Waals surface area contributed by atoms with Crippen LogP contribution in [0.15, 0.2) is 42.5 Å². The smallest absolute Gasteiger partial charge is 0.141 e. The molecule has 0 saturated heterocycles. The van der Waals surface area contributed by atoms with Gasteiger partial charge in [-0.15, -0.1) is 12.4 Å². The topological polar surface area (TPSA) is 31.4 Å². The fourth-order valence-corrected chi connectivity index (χ4v) is 2.79. The molecule has 2 aromatic carbocycles. The molecule has 3 nitrogen and oxygen atoms in total. The highest BCUT2D eigenvalue weighted by Gasteiger charge is 2.14. The number of hydrogen-bond acceptors (Lipinski definition) is 3. The number of aromatic nitrogens is 1. The standard InChI is InChI=1S/C18H16ClNO2.ClH/c1-11-8-16(20-15-7-5-4-6-12(11)15)13-9-14(19)18(22-3)10-17(13)21-2;/h4-10H,1-3H3;1H. The van der Waals surface area contributed by atoms with Crippen LogP contribution >= 0.6 is 24.0 Å². The highest BCUT2D eigenvalue weighted by atomic mass is 35.5. The number of halogens is 2. The van der Waals surface area contributed by atoms with Gasteiger partial charge in [-0.2, -0.15) is 0 Å². The number of rotatable bonds is 3. The van der Waals surface area contributed by atoms with Gasteiger partial charge in [0.1, 0.15) is 11.5 Å². The fraction of sp³-hybridized carbons (Fsp3) is 0.167. The molecule has 0 bridgehead atoms. The SMILES string of the molecule is COc1cc(OC)c(-c2cc(C)c3ccccc3n2)cc1Cl.Cl. The molecule has 0 radical (unpaired) electrons. The van der Waals surface area contributed by atoms with Gasteiger partial charge in [0.15, 0.2) is 0 Å². The first kappa shape index (κ1) is 17.4. The summed E-state index contributed by atoms with van der Waals surface area (Å²) in [6, 6.07) is 13.7. The number of hydrogen-bond donors (Lipinski definition) is 0. The van der Waals surface area contributed by atoms with E-state index in [1.807, 2.05) is 30.3 Å². The fourth-order valence-electron chi connectivity index (χ4n) is 2.55. The summed E-state index contributed by atoms with van der Waals surface area (Å²) in [5.41, 5.74) is 3.79.